The maximum absolute atomic E-state index is 14.4. The lowest BCUT2D eigenvalue weighted by atomic mass is 10.1. The number of hydrogen-bond acceptors (Lipinski definition) is 3. The number of anilines is 3. The Labute approximate surface area is 255 Å². The molecule has 0 heterocycles. The first kappa shape index (κ1) is 31.2. The Bertz CT molecular complexity index is 1590. The van der Waals surface area contributed by atoms with E-state index in [9.17, 15) is 31.9 Å². The third-order valence-corrected chi connectivity index (χ3v) is 8.35. The van der Waals surface area contributed by atoms with E-state index in [2.05, 4.69) is 10.6 Å². The fraction of sp³-hybridized carbons (Fsp3) is 0.192. The smallest absolute Gasteiger partial charge is 0.315 e. The van der Waals surface area contributed by atoms with Gasteiger partial charge in [-0.15, -0.1) is 23.2 Å². The van der Waals surface area contributed by atoms with Gasteiger partial charge >= 0.3 is 6.43 Å². The number of carbonyl (C=O) groups excluding carboxylic acids is 3. The van der Waals surface area contributed by atoms with Gasteiger partial charge in [-0.3, -0.25) is 14.4 Å². The van der Waals surface area contributed by atoms with Gasteiger partial charge in [0, 0.05) is 17.7 Å². The molecule has 4 rings (SSSR count). The zero-order chi connectivity index (χ0) is 30.4. The lowest BCUT2D eigenvalue weighted by Gasteiger charge is -2.14. The molecule has 3 aromatic carbocycles. The molecule has 1 saturated carbocycles. The Morgan fingerprint density at radius 3 is 2.10 bits per heavy atom. The van der Waals surface area contributed by atoms with Crippen LogP contribution in [-0.2, 0) is 9.59 Å². The molecule has 6 nitrogen and oxygen atoms in total. The van der Waals surface area contributed by atoms with Crippen molar-refractivity contribution in [1.29, 1.82) is 0 Å². The number of nitrogens with one attached hydrogen (secondary N) is 3. The van der Waals surface area contributed by atoms with E-state index >= 15 is 0 Å². The van der Waals surface area contributed by atoms with E-state index in [1.165, 1.54) is 19.1 Å². The minimum absolute atomic E-state index is 0.0571. The molecule has 1 aliphatic rings. The standard InChI is InChI=1S/C26H16Cl5F4N3O3/c1-9-4-11(36-24(40)20-19(26(20,30)31)10-2-3-13(27)14(28)5-10)6-12(21(9)29)23(39)37-17-8-18(16(33)7-15(17)32)38-25(41)22(34)35/h2-8,19-20,22H,1H3,(H,36,40)(H,37,39)(H,38,41)/t19-,20?/m0/s1. The maximum Gasteiger partial charge on any atom is 0.315 e. The van der Waals surface area contributed by atoms with Crippen LogP contribution < -0.4 is 16.0 Å². The number of hydrogen-bond donors (Lipinski definition) is 3. The molecule has 0 spiro atoms. The average Bonchev–Trinajstić information content (AvgIpc) is 3.47. The Morgan fingerprint density at radius 2 is 1.49 bits per heavy atom. The minimum Gasteiger partial charge on any atom is -0.326 e. The second-order valence-corrected chi connectivity index (χ2v) is 11.6. The Balaban J connectivity index is 1.55. The van der Waals surface area contributed by atoms with Gasteiger partial charge in [-0.2, -0.15) is 8.78 Å². The van der Waals surface area contributed by atoms with Gasteiger partial charge in [-0.1, -0.05) is 40.9 Å². The second kappa shape index (κ2) is 11.9. The van der Waals surface area contributed by atoms with Crippen LogP contribution in [-0.4, -0.2) is 28.5 Å². The van der Waals surface area contributed by atoms with E-state index in [0.29, 0.717) is 28.3 Å². The predicted octanol–water partition coefficient (Wildman–Crippen LogP) is 8.22. The number of alkyl halides is 4. The molecule has 3 N–H and O–H groups in total. The first-order valence-electron chi connectivity index (χ1n) is 11.4. The molecule has 3 aromatic rings. The first-order valence-corrected chi connectivity index (χ1v) is 13.3. The lowest BCUT2D eigenvalue weighted by Crippen LogP contribution is -2.21. The molecule has 0 aromatic heterocycles. The van der Waals surface area contributed by atoms with E-state index in [4.69, 9.17) is 58.0 Å². The summed E-state index contributed by atoms with van der Waals surface area (Å²) in [5.74, 6) is -7.51. The van der Waals surface area contributed by atoms with Gasteiger partial charge in [0.15, 0.2) is 0 Å². The molecular weight excluding hydrogens is 656 g/mol. The Hall–Kier alpha value is -2.76. The number of halogens is 9. The highest BCUT2D eigenvalue weighted by atomic mass is 35.5. The molecule has 1 aliphatic carbocycles. The van der Waals surface area contributed by atoms with Crippen LogP contribution in [0.1, 0.15) is 27.4 Å². The summed E-state index contributed by atoms with van der Waals surface area (Å²) in [5, 5.41) is 6.88. The summed E-state index contributed by atoms with van der Waals surface area (Å²) in [6.45, 7) is 1.54. The van der Waals surface area contributed by atoms with E-state index in [1.54, 1.807) is 23.5 Å². The predicted molar refractivity (Wildman–Crippen MR) is 151 cm³/mol. The van der Waals surface area contributed by atoms with Gasteiger partial charge in [0.2, 0.25) is 5.91 Å². The number of amides is 3. The monoisotopic (exact) mass is 669 g/mol. The minimum atomic E-state index is -3.46. The van der Waals surface area contributed by atoms with Crippen molar-refractivity contribution in [3.8, 4) is 0 Å². The quantitative estimate of drug-likeness (QED) is 0.175. The molecule has 41 heavy (non-hydrogen) atoms. The molecule has 0 aliphatic heterocycles. The Kier molecular flexibility index (Phi) is 9.01. The van der Waals surface area contributed by atoms with Crippen molar-refractivity contribution in [2.45, 2.75) is 23.6 Å². The molecule has 1 unspecified atom stereocenters. The highest BCUT2D eigenvalue weighted by Gasteiger charge is 2.67. The van der Waals surface area contributed by atoms with Crippen LogP contribution in [0, 0.1) is 24.5 Å². The van der Waals surface area contributed by atoms with Gasteiger partial charge < -0.3 is 16.0 Å². The van der Waals surface area contributed by atoms with Crippen molar-refractivity contribution in [2.24, 2.45) is 5.92 Å². The number of carbonyl (C=O) groups is 3. The summed E-state index contributed by atoms with van der Waals surface area (Å²) < 4.78 is 52.0. The molecule has 3 amide bonds. The van der Waals surface area contributed by atoms with Crippen molar-refractivity contribution in [2.75, 3.05) is 16.0 Å². The van der Waals surface area contributed by atoms with Gasteiger partial charge in [0.1, 0.15) is 16.0 Å². The van der Waals surface area contributed by atoms with Crippen LogP contribution in [0.4, 0.5) is 34.6 Å². The summed E-state index contributed by atoms with van der Waals surface area (Å²) >= 11 is 31.1. The van der Waals surface area contributed by atoms with Crippen LogP contribution in [0.3, 0.4) is 0 Å². The van der Waals surface area contributed by atoms with Crippen molar-refractivity contribution >= 4 is 92.8 Å². The fourth-order valence-corrected chi connectivity index (χ4v) is 5.45. The van der Waals surface area contributed by atoms with Gasteiger partial charge in [0.05, 0.1) is 37.9 Å². The van der Waals surface area contributed by atoms with Crippen LogP contribution in [0.25, 0.3) is 0 Å². The number of benzene rings is 3. The zero-order valence-electron chi connectivity index (χ0n) is 20.4. The van der Waals surface area contributed by atoms with Crippen LogP contribution in [0.2, 0.25) is 15.1 Å². The summed E-state index contributed by atoms with van der Waals surface area (Å²) in [4.78, 5) is 37.4. The van der Waals surface area contributed by atoms with Crippen molar-refractivity contribution in [3.63, 3.8) is 0 Å². The van der Waals surface area contributed by atoms with Gasteiger partial charge in [0.25, 0.3) is 11.8 Å². The van der Waals surface area contributed by atoms with Gasteiger partial charge in [-0.25, -0.2) is 8.78 Å². The number of aryl methyl sites for hydroxylation is 1. The van der Waals surface area contributed by atoms with Crippen molar-refractivity contribution < 1.29 is 31.9 Å². The van der Waals surface area contributed by atoms with E-state index < -0.39 is 63.3 Å². The second-order valence-electron chi connectivity index (χ2n) is 9.00. The summed E-state index contributed by atoms with van der Waals surface area (Å²) in [6, 6.07) is 8.33. The third kappa shape index (κ3) is 6.52. The normalized spacial score (nSPS) is 17.2. The molecule has 216 valence electrons. The highest BCUT2D eigenvalue weighted by Crippen LogP contribution is 2.65. The molecule has 2 atom stereocenters. The van der Waals surface area contributed by atoms with E-state index in [-0.39, 0.29) is 21.3 Å². The molecule has 1 fully saturated rings. The summed E-state index contributed by atoms with van der Waals surface area (Å²) in [5.41, 5.74) is -0.595. The average molecular weight is 672 g/mol. The topological polar surface area (TPSA) is 87.3 Å². The SMILES string of the molecule is Cc1cc(NC(=O)C2[C@H](c3ccc(Cl)c(Cl)c3)C2(Cl)Cl)cc(C(=O)Nc2cc(NC(=O)C(F)F)c(F)cc2F)c1Cl. The largest absolute Gasteiger partial charge is 0.326 e. The number of rotatable bonds is 7. The summed E-state index contributed by atoms with van der Waals surface area (Å²) in [6.07, 6.45) is -3.46. The lowest BCUT2D eigenvalue weighted by molar-refractivity contribution is -0.126. The molecule has 0 radical (unpaired) electrons. The molecule has 0 bridgehead atoms. The molecule has 0 saturated heterocycles. The fourth-order valence-electron chi connectivity index (χ4n) is 4.12. The zero-order valence-corrected chi connectivity index (χ0v) is 24.2. The maximum atomic E-state index is 14.4. The molecular formula is C26H16Cl5F4N3O3. The van der Waals surface area contributed by atoms with E-state index in [0.717, 1.165) is 0 Å². The highest BCUT2D eigenvalue weighted by molar-refractivity contribution is 6.53. The summed E-state index contributed by atoms with van der Waals surface area (Å²) in [7, 11) is 0. The van der Waals surface area contributed by atoms with E-state index in [1.807, 2.05) is 0 Å². The van der Waals surface area contributed by atoms with Crippen LogP contribution in [0.5, 0.6) is 0 Å². The van der Waals surface area contributed by atoms with Crippen molar-refractivity contribution in [1.82, 2.24) is 0 Å². The molecule has 15 heteroatoms. The Morgan fingerprint density at radius 1 is 0.854 bits per heavy atom. The van der Waals surface area contributed by atoms with Crippen LogP contribution >= 0.6 is 58.0 Å². The third-order valence-electron chi connectivity index (χ3n) is 6.17. The van der Waals surface area contributed by atoms with Gasteiger partial charge in [-0.05, 0) is 48.4 Å². The van der Waals surface area contributed by atoms with Crippen LogP contribution in [0.15, 0.2) is 42.5 Å². The first-order chi connectivity index (χ1) is 19.1. The van der Waals surface area contributed by atoms with Crippen molar-refractivity contribution in [3.05, 3.63) is 85.9 Å².